The van der Waals surface area contributed by atoms with E-state index >= 15 is 0 Å². The van der Waals surface area contributed by atoms with E-state index in [0.717, 1.165) is 0 Å². The van der Waals surface area contributed by atoms with Gasteiger partial charge in [0.05, 0.1) is 12.2 Å². The summed E-state index contributed by atoms with van der Waals surface area (Å²) in [6.45, 7) is 4.07. The van der Waals surface area contributed by atoms with Gasteiger partial charge in [-0.15, -0.1) is 0 Å². The van der Waals surface area contributed by atoms with Gasteiger partial charge in [-0.25, -0.2) is 0 Å². The Hall–Kier alpha value is -0.860. The molecule has 0 N–H and O–H groups in total. The summed E-state index contributed by atoms with van der Waals surface area (Å²) in [7, 11) is 0. The van der Waals surface area contributed by atoms with Crippen molar-refractivity contribution in [2.45, 2.75) is 57.5 Å². The monoisotopic (exact) mass is 246 g/mol. The van der Waals surface area contributed by atoms with Gasteiger partial charge in [-0.3, -0.25) is 0 Å². The topological polar surface area (TPSA) is 18.5 Å². The van der Waals surface area contributed by atoms with E-state index in [9.17, 15) is 0 Å². The summed E-state index contributed by atoms with van der Waals surface area (Å²) in [5.41, 5.74) is 1.30. The van der Waals surface area contributed by atoms with Crippen LogP contribution in [-0.2, 0) is 9.47 Å². The van der Waals surface area contributed by atoms with Crippen LogP contribution in [0.2, 0.25) is 0 Å². The number of ether oxygens (including phenoxy) is 2. The van der Waals surface area contributed by atoms with Crippen molar-refractivity contribution in [3.63, 3.8) is 0 Å². The molecule has 2 aliphatic rings. The van der Waals surface area contributed by atoms with Crippen molar-refractivity contribution < 1.29 is 9.47 Å². The van der Waals surface area contributed by atoms with E-state index in [1.165, 1.54) is 31.2 Å². The molecule has 3 atom stereocenters. The van der Waals surface area contributed by atoms with E-state index in [2.05, 4.69) is 30.3 Å². The third-order valence-corrected chi connectivity index (χ3v) is 4.12. The molecule has 1 saturated heterocycles. The Balaban J connectivity index is 1.90. The first-order valence-electron chi connectivity index (χ1n) is 7.06. The Morgan fingerprint density at radius 3 is 2.50 bits per heavy atom. The molecule has 1 heterocycles. The van der Waals surface area contributed by atoms with Crippen LogP contribution in [0.3, 0.4) is 0 Å². The number of hydrogen-bond acceptors (Lipinski definition) is 2. The average Bonchev–Trinajstić information content (AvgIpc) is 2.38. The molecule has 0 amide bonds. The van der Waals surface area contributed by atoms with Crippen molar-refractivity contribution in [1.29, 1.82) is 0 Å². The van der Waals surface area contributed by atoms with E-state index in [4.69, 9.17) is 9.47 Å². The van der Waals surface area contributed by atoms with E-state index in [-0.39, 0.29) is 6.10 Å². The van der Waals surface area contributed by atoms with Crippen LogP contribution in [0, 0.1) is 5.92 Å². The molecule has 1 aliphatic carbocycles. The molecule has 18 heavy (non-hydrogen) atoms. The largest absolute Gasteiger partial charge is 0.347 e. The molecule has 1 aromatic carbocycles. The summed E-state index contributed by atoms with van der Waals surface area (Å²) in [5.74, 6) is 0.0631. The molecule has 0 radical (unpaired) electrons. The Morgan fingerprint density at radius 1 is 1.00 bits per heavy atom. The number of fused-ring (bicyclic) bond motifs is 1. The summed E-state index contributed by atoms with van der Waals surface area (Å²) in [5, 5.41) is 0. The second kappa shape index (κ2) is 4.67. The Bertz CT molecular complexity index is 399. The molecule has 3 rings (SSSR count). The average molecular weight is 246 g/mol. The molecular formula is C16H22O2. The lowest BCUT2D eigenvalue weighted by Crippen LogP contribution is -2.48. The van der Waals surface area contributed by atoms with Gasteiger partial charge in [-0.2, -0.15) is 0 Å². The predicted octanol–water partition coefficient (Wildman–Crippen LogP) is 4.07. The van der Waals surface area contributed by atoms with Gasteiger partial charge in [0.2, 0.25) is 0 Å². The molecule has 1 saturated carbocycles. The van der Waals surface area contributed by atoms with E-state index < -0.39 is 5.79 Å². The lowest BCUT2D eigenvalue weighted by molar-refractivity contribution is -0.329. The van der Waals surface area contributed by atoms with E-state index in [1.807, 2.05) is 13.8 Å². The molecule has 0 aromatic heterocycles. The Kier molecular flexibility index (Phi) is 3.16. The first kappa shape index (κ1) is 12.2. The minimum absolute atomic E-state index is 0.195. The predicted molar refractivity (Wildman–Crippen MR) is 71.2 cm³/mol. The van der Waals surface area contributed by atoms with Crippen molar-refractivity contribution >= 4 is 0 Å². The fourth-order valence-corrected chi connectivity index (χ4v) is 3.36. The van der Waals surface area contributed by atoms with Gasteiger partial charge >= 0.3 is 0 Å². The zero-order valence-corrected chi connectivity index (χ0v) is 11.3. The minimum atomic E-state index is -0.459. The maximum absolute atomic E-state index is 6.21. The second-order valence-corrected chi connectivity index (χ2v) is 5.95. The smallest absolute Gasteiger partial charge is 0.163 e. The fraction of sp³-hybridized carbons (Fsp3) is 0.625. The zero-order chi connectivity index (χ0) is 12.6. The summed E-state index contributed by atoms with van der Waals surface area (Å²) in [4.78, 5) is 0. The third kappa shape index (κ3) is 2.32. The van der Waals surface area contributed by atoms with Crippen LogP contribution in [0.4, 0.5) is 0 Å². The lowest BCUT2D eigenvalue weighted by atomic mass is 9.79. The summed E-state index contributed by atoms with van der Waals surface area (Å²) in [6, 6.07) is 10.6. The van der Waals surface area contributed by atoms with Gasteiger partial charge in [-0.05, 0) is 32.3 Å². The standard InChI is InChI=1S/C16H22O2/c1-16(2)17-14-11-7-6-10-13(14)15(18-16)12-8-4-3-5-9-12/h3-5,8-9,13-15H,6-7,10-11H2,1-2H3. The van der Waals surface area contributed by atoms with Gasteiger partial charge in [0, 0.05) is 5.92 Å². The van der Waals surface area contributed by atoms with E-state index in [0.29, 0.717) is 12.0 Å². The fourth-order valence-electron chi connectivity index (χ4n) is 3.36. The summed E-state index contributed by atoms with van der Waals surface area (Å²) >= 11 is 0. The Morgan fingerprint density at radius 2 is 1.72 bits per heavy atom. The van der Waals surface area contributed by atoms with Crippen molar-refractivity contribution in [3.05, 3.63) is 35.9 Å². The van der Waals surface area contributed by atoms with Crippen LogP contribution in [0.5, 0.6) is 0 Å². The normalized spacial score (nSPS) is 34.9. The van der Waals surface area contributed by atoms with Crippen molar-refractivity contribution in [1.82, 2.24) is 0 Å². The highest BCUT2D eigenvalue weighted by molar-refractivity contribution is 5.19. The number of benzene rings is 1. The van der Waals surface area contributed by atoms with Crippen molar-refractivity contribution in [2.24, 2.45) is 5.92 Å². The Labute approximate surface area is 109 Å². The van der Waals surface area contributed by atoms with Crippen LogP contribution in [0.1, 0.15) is 51.2 Å². The maximum Gasteiger partial charge on any atom is 0.163 e. The molecule has 1 aromatic rings. The first-order valence-corrected chi connectivity index (χ1v) is 7.06. The molecule has 0 bridgehead atoms. The maximum atomic E-state index is 6.21. The quantitative estimate of drug-likeness (QED) is 0.743. The summed E-state index contributed by atoms with van der Waals surface area (Å²) < 4.78 is 12.3. The van der Waals surface area contributed by atoms with Gasteiger partial charge in [0.15, 0.2) is 5.79 Å². The van der Waals surface area contributed by atoms with Crippen molar-refractivity contribution in [2.75, 3.05) is 0 Å². The molecular weight excluding hydrogens is 224 g/mol. The van der Waals surface area contributed by atoms with E-state index in [1.54, 1.807) is 0 Å². The highest BCUT2D eigenvalue weighted by atomic mass is 16.7. The molecule has 3 unspecified atom stereocenters. The van der Waals surface area contributed by atoms with Gasteiger partial charge < -0.3 is 9.47 Å². The first-order chi connectivity index (χ1) is 8.66. The molecule has 1 aliphatic heterocycles. The van der Waals surface area contributed by atoms with Gasteiger partial charge in [-0.1, -0.05) is 43.2 Å². The highest BCUT2D eigenvalue weighted by Gasteiger charge is 2.44. The van der Waals surface area contributed by atoms with Crippen molar-refractivity contribution in [3.8, 4) is 0 Å². The minimum Gasteiger partial charge on any atom is -0.347 e. The third-order valence-electron chi connectivity index (χ3n) is 4.12. The second-order valence-electron chi connectivity index (χ2n) is 5.95. The highest BCUT2D eigenvalue weighted by Crippen LogP contribution is 2.45. The van der Waals surface area contributed by atoms with Crippen LogP contribution in [-0.4, -0.2) is 11.9 Å². The molecule has 2 nitrogen and oxygen atoms in total. The van der Waals surface area contributed by atoms with Crippen LogP contribution in [0.25, 0.3) is 0 Å². The molecule has 2 heteroatoms. The van der Waals surface area contributed by atoms with Gasteiger partial charge in [0.25, 0.3) is 0 Å². The van der Waals surface area contributed by atoms with Gasteiger partial charge in [0.1, 0.15) is 0 Å². The number of hydrogen-bond donors (Lipinski definition) is 0. The molecule has 98 valence electrons. The SMILES string of the molecule is CC1(C)OC2CCCCC2C(c2ccccc2)O1. The number of rotatable bonds is 1. The molecule has 0 spiro atoms. The lowest BCUT2D eigenvalue weighted by Gasteiger charge is -2.48. The summed E-state index contributed by atoms with van der Waals surface area (Å²) in [6.07, 6.45) is 5.56. The van der Waals surface area contributed by atoms with Crippen LogP contribution in [0.15, 0.2) is 30.3 Å². The van der Waals surface area contributed by atoms with Crippen LogP contribution < -0.4 is 0 Å². The molecule has 2 fully saturated rings. The zero-order valence-electron chi connectivity index (χ0n) is 11.3. The van der Waals surface area contributed by atoms with Crippen LogP contribution >= 0.6 is 0 Å².